The Balaban J connectivity index is 2.13. The Hall–Kier alpha value is -1.76. The van der Waals surface area contributed by atoms with Crippen molar-refractivity contribution < 1.29 is 13.7 Å². The van der Waals surface area contributed by atoms with Gasteiger partial charge in [0.1, 0.15) is 0 Å². The predicted octanol–water partition coefficient (Wildman–Crippen LogP) is 3.33. The van der Waals surface area contributed by atoms with Gasteiger partial charge < -0.3 is 10.6 Å². The first-order valence-corrected chi connectivity index (χ1v) is 6.92. The molecule has 0 saturated carbocycles. The van der Waals surface area contributed by atoms with Gasteiger partial charge in [-0.25, -0.2) is 8.78 Å². The minimum atomic E-state index is -2.75. The van der Waals surface area contributed by atoms with Crippen LogP contribution in [0.5, 0.6) is 0 Å². The van der Waals surface area contributed by atoms with Crippen LogP contribution in [0.25, 0.3) is 0 Å². The number of rotatable bonds is 5. The largest absolute Gasteiger partial charge is 0.384 e. The molecule has 7 heteroatoms. The number of piperidine rings is 1. The average molecular weight is 299 g/mol. The summed E-state index contributed by atoms with van der Waals surface area (Å²) in [6.45, 7) is 4.46. The molecular weight excluding hydrogens is 280 g/mol. The molecule has 1 unspecified atom stereocenters. The quantitative estimate of drug-likeness (QED) is 0.646. The maximum absolute atomic E-state index is 13.1. The second kappa shape index (κ2) is 6.34. The Labute approximate surface area is 121 Å². The monoisotopic (exact) mass is 299 g/mol. The van der Waals surface area contributed by atoms with Crippen LogP contribution in [0.1, 0.15) is 31.8 Å². The number of anilines is 1. The van der Waals surface area contributed by atoms with E-state index >= 15 is 0 Å². The summed E-state index contributed by atoms with van der Waals surface area (Å²) in [7, 11) is 0. The Kier molecular flexibility index (Phi) is 4.72. The number of nitrogens with zero attached hydrogens (tertiary/aromatic N) is 1. The van der Waals surface area contributed by atoms with Gasteiger partial charge in [-0.05, 0) is 30.9 Å². The third-order valence-corrected chi connectivity index (χ3v) is 3.87. The molecule has 1 aromatic rings. The number of halogens is 2. The standard InChI is InChI=1S/C14H19F2N3O2/c1-14(5-2-6-17-8-14)9-18-12-4-3-10(19(20)21)7-11(12)13(15)16/h3-4,7,13,17-18H,2,5-6,8-9H2,1H3. The highest BCUT2D eigenvalue weighted by Crippen LogP contribution is 2.32. The molecule has 1 aromatic carbocycles. The van der Waals surface area contributed by atoms with E-state index in [1.807, 2.05) is 0 Å². The van der Waals surface area contributed by atoms with Gasteiger partial charge in [-0.3, -0.25) is 10.1 Å². The second-order valence-electron chi connectivity index (χ2n) is 5.77. The van der Waals surface area contributed by atoms with Crippen molar-refractivity contribution in [3.63, 3.8) is 0 Å². The van der Waals surface area contributed by atoms with Crippen molar-refractivity contribution in [2.24, 2.45) is 5.41 Å². The molecule has 2 N–H and O–H groups in total. The summed E-state index contributed by atoms with van der Waals surface area (Å²) in [5.41, 5.74) is -0.375. The summed E-state index contributed by atoms with van der Waals surface area (Å²) in [5.74, 6) is 0. The van der Waals surface area contributed by atoms with Crippen molar-refractivity contribution >= 4 is 11.4 Å². The fourth-order valence-electron chi connectivity index (χ4n) is 2.58. The van der Waals surface area contributed by atoms with Gasteiger partial charge in [0.15, 0.2) is 0 Å². The molecular formula is C14H19F2N3O2. The third kappa shape index (κ3) is 3.87. The number of nitro groups is 1. The zero-order chi connectivity index (χ0) is 15.5. The van der Waals surface area contributed by atoms with Crippen molar-refractivity contribution in [1.29, 1.82) is 0 Å². The lowest BCUT2D eigenvalue weighted by Gasteiger charge is -2.34. The van der Waals surface area contributed by atoms with E-state index in [0.29, 0.717) is 6.54 Å². The number of nitro benzene ring substituents is 1. The number of nitrogens with one attached hydrogen (secondary N) is 2. The van der Waals surface area contributed by atoms with E-state index in [4.69, 9.17) is 0 Å². The molecule has 0 amide bonds. The van der Waals surface area contributed by atoms with Gasteiger partial charge in [-0.2, -0.15) is 0 Å². The lowest BCUT2D eigenvalue weighted by Crippen LogP contribution is -2.42. The normalized spacial score (nSPS) is 22.3. The van der Waals surface area contributed by atoms with Crippen molar-refractivity contribution in [2.45, 2.75) is 26.2 Å². The molecule has 2 rings (SSSR count). The van der Waals surface area contributed by atoms with Crippen LogP contribution in [0, 0.1) is 15.5 Å². The van der Waals surface area contributed by atoms with Crippen LogP contribution in [0.3, 0.4) is 0 Å². The second-order valence-corrected chi connectivity index (χ2v) is 5.77. The average Bonchev–Trinajstić information content (AvgIpc) is 2.45. The van der Waals surface area contributed by atoms with Crippen molar-refractivity contribution in [2.75, 3.05) is 25.0 Å². The van der Waals surface area contributed by atoms with Crippen LogP contribution in [0.2, 0.25) is 0 Å². The van der Waals surface area contributed by atoms with E-state index in [1.165, 1.54) is 12.1 Å². The summed E-state index contributed by atoms with van der Waals surface area (Å²) in [4.78, 5) is 10.0. The Morgan fingerprint density at radius 1 is 1.52 bits per heavy atom. The molecule has 0 radical (unpaired) electrons. The van der Waals surface area contributed by atoms with E-state index < -0.39 is 11.3 Å². The van der Waals surface area contributed by atoms with Gasteiger partial charge in [0, 0.05) is 36.5 Å². The number of hydrogen-bond acceptors (Lipinski definition) is 4. The Morgan fingerprint density at radius 2 is 2.29 bits per heavy atom. The maximum atomic E-state index is 13.1. The summed E-state index contributed by atoms with van der Waals surface area (Å²) < 4.78 is 26.1. The zero-order valence-electron chi connectivity index (χ0n) is 11.9. The van der Waals surface area contributed by atoms with E-state index in [1.54, 1.807) is 0 Å². The molecule has 1 saturated heterocycles. The zero-order valence-corrected chi connectivity index (χ0v) is 11.9. The smallest absolute Gasteiger partial charge is 0.270 e. The van der Waals surface area contributed by atoms with Gasteiger partial charge >= 0.3 is 0 Å². The highest BCUT2D eigenvalue weighted by molar-refractivity contribution is 5.56. The highest BCUT2D eigenvalue weighted by Gasteiger charge is 2.27. The molecule has 21 heavy (non-hydrogen) atoms. The summed E-state index contributed by atoms with van der Waals surface area (Å²) in [6, 6.07) is 3.55. The predicted molar refractivity (Wildman–Crippen MR) is 76.8 cm³/mol. The molecule has 0 aromatic heterocycles. The molecule has 5 nitrogen and oxygen atoms in total. The number of hydrogen-bond donors (Lipinski definition) is 2. The number of benzene rings is 1. The minimum absolute atomic E-state index is 0.000578. The van der Waals surface area contributed by atoms with Gasteiger partial charge in [0.25, 0.3) is 12.1 Å². The highest BCUT2D eigenvalue weighted by atomic mass is 19.3. The third-order valence-electron chi connectivity index (χ3n) is 3.87. The van der Waals surface area contributed by atoms with Crippen molar-refractivity contribution in [1.82, 2.24) is 5.32 Å². The molecule has 1 fully saturated rings. The van der Waals surface area contributed by atoms with Gasteiger partial charge in [0.2, 0.25) is 0 Å². The lowest BCUT2D eigenvalue weighted by molar-refractivity contribution is -0.385. The van der Waals surface area contributed by atoms with Gasteiger partial charge in [-0.1, -0.05) is 6.92 Å². The van der Waals surface area contributed by atoms with E-state index in [2.05, 4.69) is 17.6 Å². The molecule has 0 aliphatic carbocycles. The van der Waals surface area contributed by atoms with Crippen LogP contribution in [0.15, 0.2) is 18.2 Å². The topological polar surface area (TPSA) is 67.2 Å². The molecule has 1 atom stereocenters. The van der Waals surface area contributed by atoms with Gasteiger partial charge in [0.05, 0.1) is 4.92 Å². The van der Waals surface area contributed by atoms with Crippen LogP contribution in [0.4, 0.5) is 20.2 Å². The molecule has 0 spiro atoms. The summed E-state index contributed by atoms with van der Waals surface area (Å²) in [6.07, 6.45) is -0.672. The maximum Gasteiger partial charge on any atom is 0.270 e. The summed E-state index contributed by atoms with van der Waals surface area (Å²) >= 11 is 0. The Bertz CT molecular complexity index is 517. The fourth-order valence-corrected chi connectivity index (χ4v) is 2.58. The fraction of sp³-hybridized carbons (Fsp3) is 0.571. The van der Waals surface area contributed by atoms with Crippen LogP contribution >= 0.6 is 0 Å². The molecule has 1 heterocycles. The Morgan fingerprint density at radius 3 is 2.86 bits per heavy atom. The van der Waals surface area contributed by atoms with E-state index in [-0.39, 0.29) is 22.4 Å². The first-order valence-electron chi connectivity index (χ1n) is 6.92. The molecule has 1 aliphatic heterocycles. The van der Waals surface area contributed by atoms with Crippen LogP contribution in [-0.4, -0.2) is 24.6 Å². The van der Waals surface area contributed by atoms with Crippen LogP contribution in [-0.2, 0) is 0 Å². The van der Waals surface area contributed by atoms with E-state index in [0.717, 1.165) is 32.0 Å². The molecule has 1 aliphatic rings. The van der Waals surface area contributed by atoms with Crippen LogP contribution < -0.4 is 10.6 Å². The lowest BCUT2D eigenvalue weighted by atomic mass is 9.82. The SMILES string of the molecule is CC1(CNc2ccc([N+](=O)[O-])cc2C(F)F)CCCNC1. The van der Waals surface area contributed by atoms with E-state index in [9.17, 15) is 18.9 Å². The number of alkyl halides is 2. The van der Waals surface area contributed by atoms with Crippen molar-refractivity contribution in [3.8, 4) is 0 Å². The summed E-state index contributed by atoms with van der Waals surface area (Å²) in [5, 5.41) is 17.0. The van der Waals surface area contributed by atoms with Crippen molar-refractivity contribution in [3.05, 3.63) is 33.9 Å². The number of non-ortho nitro benzene ring substituents is 1. The first-order chi connectivity index (χ1) is 9.91. The van der Waals surface area contributed by atoms with Gasteiger partial charge in [-0.15, -0.1) is 0 Å². The molecule has 116 valence electrons. The first kappa shape index (κ1) is 15.6. The minimum Gasteiger partial charge on any atom is -0.384 e. The molecule has 0 bridgehead atoms.